The van der Waals surface area contributed by atoms with Crippen LogP contribution in [0.4, 0.5) is 5.82 Å². The van der Waals surface area contributed by atoms with E-state index < -0.39 is 0 Å². The van der Waals surface area contributed by atoms with Crippen molar-refractivity contribution in [1.82, 2.24) is 19.9 Å². The summed E-state index contributed by atoms with van der Waals surface area (Å²) >= 11 is 0. The van der Waals surface area contributed by atoms with Gasteiger partial charge in [0.25, 0.3) is 0 Å². The average molecular weight is 169 g/mol. The van der Waals surface area contributed by atoms with Gasteiger partial charge in [0.05, 0.1) is 6.33 Å². The third-order valence-electron chi connectivity index (χ3n) is 1.25. The first-order valence-electron chi connectivity index (χ1n) is 2.77. The van der Waals surface area contributed by atoms with Gasteiger partial charge in [-0.3, -0.25) is 0 Å². The summed E-state index contributed by atoms with van der Waals surface area (Å²) in [5.41, 5.74) is 6.78. The highest BCUT2D eigenvalue weighted by molar-refractivity contribution is 6.92. The summed E-state index contributed by atoms with van der Waals surface area (Å²) in [6.07, 6.45) is 2.92. The maximum Gasteiger partial charge on any atom is 0.182 e. The van der Waals surface area contributed by atoms with Crippen LogP contribution in [0.3, 0.4) is 0 Å². The van der Waals surface area contributed by atoms with E-state index in [2.05, 4.69) is 19.9 Å². The molecule has 0 saturated heterocycles. The number of nitrogens with zero attached hydrogens (tertiary/aromatic N) is 3. The van der Waals surface area contributed by atoms with Crippen molar-refractivity contribution in [2.24, 2.45) is 0 Å². The van der Waals surface area contributed by atoms with Crippen LogP contribution in [0.2, 0.25) is 0 Å². The Labute approximate surface area is 66.1 Å². The number of nitrogens with one attached hydrogen (secondary N) is 1. The Kier molecular flexibility index (Phi) is 2.01. The first-order valence-corrected chi connectivity index (χ1v) is 2.77. The van der Waals surface area contributed by atoms with Gasteiger partial charge in [-0.1, -0.05) is 0 Å². The minimum absolute atomic E-state index is 0. The lowest BCUT2D eigenvalue weighted by Gasteiger charge is -1.89. The van der Waals surface area contributed by atoms with E-state index in [4.69, 9.17) is 5.73 Å². The van der Waals surface area contributed by atoms with Gasteiger partial charge in [0.2, 0.25) is 0 Å². The average Bonchev–Trinajstić information content (AvgIpc) is 2.36. The van der Waals surface area contributed by atoms with Crippen LogP contribution in [0.5, 0.6) is 0 Å². The molecule has 0 radical (unpaired) electrons. The summed E-state index contributed by atoms with van der Waals surface area (Å²) in [7, 11) is 0. The Bertz CT molecular complexity index is 356. The van der Waals surface area contributed by atoms with Gasteiger partial charge in [0.15, 0.2) is 11.5 Å². The summed E-state index contributed by atoms with van der Waals surface area (Å²) in [5, 5.41) is 0. The van der Waals surface area contributed by atoms with Gasteiger partial charge < -0.3 is 10.7 Å². The molecule has 0 aliphatic heterocycles. The van der Waals surface area contributed by atoms with Crippen molar-refractivity contribution in [2.45, 2.75) is 0 Å². The summed E-state index contributed by atoms with van der Waals surface area (Å²) in [5.74, 6) is 0.433. The summed E-state index contributed by atoms with van der Waals surface area (Å²) in [6, 6.07) is 0. The number of imidazole rings is 1. The largest absolute Gasteiger partial charge is 0.382 e. The fourth-order valence-corrected chi connectivity index (χ4v) is 0.784. The Balaban J connectivity index is 0.000000605. The molecular formula is C5H8N5P. The van der Waals surface area contributed by atoms with E-state index >= 15 is 0 Å². The molecule has 0 aliphatic carbocycles. The number of hydrogen-bond donors (Lipinski definition) is 2. The zero-order valence-electron chi connectivity index (χ0n) is 5.78. The van der Waals surface area contributed by atoms with Gasteiger partial charge in [0.1, 0.15) is 11.8 Å². The molecule has 11 heavy (non-hydrogen) atoms. The minimum Gasteiger partial charge on any atom is -0.382 e. The molecule has 0 fully saturated rings. The highest BCUT2D eigenvalue weighted by Gasteiger charge is 1.99. The van der Waals surface area contributed by atoms with Crippen LogP contribution in [0.1, 0.15) is 0 Å². The van der Waals surface area contributed by atoms with Crippen LogP contribution in [0.15, 0.2) is 12.7 Å². The second kappa shape index (κ2) is 2.80. The molecule has 3 N–H and O–H groups in total. The molecule has 2 aromatic heterocycles. The molecule has 2 rings (SSSR count). The molecule has 0 bridgehead atoms. The molecule has 58 valence electrons. The van der Waals surface area contributed by atoms with Crippen molar-refractivity contribution in [2.75, 3.05) is 5.73 Å². The Morgan fingerprint density at radius 1 is 1.27 bits per heavy atom. The van der Waals surface area contributed by atoms with E-state index in [9.17, 15) is 0 Å². The molecule has 2 heterocycles. The van der Waals surface area contributed by atoms with E-state index in [1.807, 2.05) is 0 Å². The molecule has 0 aliphatic rings. The Hall–Kier alpha value is -1.22. The standard InChI is InChI=1S/C5H5N5.H3P/c6-4-3-5(9-1-7-3)10-2-8-4;/h1-2H,(H3,6,7,8,9,10);1H3. The van der Waals surface area contributed by atoms with Crippen LogP contribution >= 0.6 is 9.90 Å². The van der Waals surface area contributed by atoms with Crippen LogP contribution in [0.25, 0.3) is 11.2 Å². The lowest BCUT2D eigenvalue weighted by molar-refractivity contribution is 1.21. The predicted molar refractivity (Wildman–Crippen MR) is 47.2 cm³/mol. The first kappa shape index (κ1) is 7.88. The van der Waals surface area contributed by atoms with Gasteiger partial charge in [-0.2, -0.15) is 9.90 Å². The molecular weight excluding hydrogens is 161 g/mol. The molecule has 6 heteroatoms. The molecule has 0 aromatic carbocycles. The lowest BCUT2D eigenvalue weighted by atomic mass is 10.5. The fraction of sp³-hybridized carbons (Fsp3) is 0. The van der Waals surface area contributed by atoms with Gasteiger partial charge >= 0.3 is 0 Å². The van der Waals surface area contributed by atoms with Gasteiger partial charge in [-0.05, 0) is 0 Å². The van der Waals surface area contributed by atoms with Gasteiger partial charge in [-0.25, -0.2) is 15.0 Å². The maximum absolute atomic E-state index is 5.48. The third-order valence-corrected chi connectivity index (χ3v) is 1.25. The van der Waals surface area contributed by atoms with E-state index in [1.165, 1.54) is 12.7 Å². The first-order chi connectivity index (χ1) is 4.88. The smallest absolute Gasteiger partial charge is 0.182 e. The highest BCUT2D eigenvalue weighted by Crippen LogP contribution is 2.09. The number of nitrogens with two attached hydrogens (primary N) is 1. The summed E-state index contributed by atoms with van der Waals surface area (Å²) in [6.45, 7) is 0. The van der Waals surface area contributed by atoms with Crippen molar-refractivity contribution in [3.8, 4) is 0 Å². The highest BCUT2D eigenvalue weighted by atomic mass is 31.0. The molecule has 0 amide bonds. The van der Waals surface area contributed by atoms with Gasteiger partial charge in [0, 0.05) is 0 Å². The molecule has 1 unspecified atom stereocenters. The number of aromatic nitrogens is 4. The fourth-order valence-electron chi connectivity index (χ4n) is 0.784. The van der Waals surface area contributed by atoms with Crippen LogP contribution in [-0.2, 0) is 0 Å². The van der Waals surface area contributed by atoms with Crippen LogP contribution in [-0.4, -0.2) is 19.9 Å². The van der Waals surface area contributed by atoms with E-state index in [1.54, 1.807) is 0 Å². The number of rotatable bonds is 0. The van der Waals surface area contributed by atoms with Crippen molar-refractivity contribution >= 4 is 26.9 Å². The zero-order valence-corrected chi connectivity index (χ0v) is 7.20. The molecule has 0 spiro atoms. The number of nitrogen functional groups attached to an aromatic ring is 1. The van der Waals surface area contributed by atoms with Gasteiger partial charge in [-0.15, -0.1) is 0 Å². The number of anilines is 1. The number of H-pyrrole nitrogens is 1. The van der Waals surface area contributed by atoms with E-state index in [0.717, 1.165) is 0 Å². The molecule has 5 nitrogen and oxygen atoms in total. The maximum atomic E-state index is 5.48. The number of aromatic amines is 1. The number of hydrogen-bond acceptors (Lipinski definition) is 4. The Morgan fingerprint density at radius 2 is 2.09 bits per heavy atom. The van der Waals surface area contributed by atoms with Crippen LogP contribution in [0, 0.1) is 0 Å². The predicted octanol–water partition coefficient (Wildman–Crippen LogP) is -0.00680. The SMILES string of the molecule is Nc1ncnc2nc[nH]c12.P. The summed E-state index contributed by atoms with van der Waals surface area (Å²) < 4.78 is 0. The molecule has 0 saturated carbocycles. The topological polar surface area (TPSA) is 80.5 Å². The van der Waals surface area contributed by atoms with E-state index in [0.29, 0.717) is 17.0 Å². The monoisotopic (exact) mass is 169 g/mol. The van der Waals surface area contributed by atoms with Crippen molar-refractivity contribution < 1.29 is 0 Å². The molecule has 1 atom stereocenters. The second-order valence-electron chi connectivity index (χ2n) is 1.86. The zero-order chi connectivity index (χ0) is 6.97. The summed E-state index contributed by atoms with van der Waals surface area (Å²) in [4.78, 5) is 14.4. The number of fused-ring (bicyclic) bond motifs is 1. The van der Waals surface area contributed by atoms with Crippen LogP contribution < -0.4 is 5.73 Å². The Morgan fingerprint density at radius 3 is 2.82 bits per heavy atom. The van der Waals surface area contributed by atoms with Crippen molar-refractivity contribution in [3.63, 3.8) is 0 Å². The van der Waals surface area contributed by atoms with Crippen molar-refractivity contribution in [3.05, 3.63) is 12.7 Å². The second-order valence-corrected chi connectivity index (χ2v) is 1.86. The molecule has 2 aromatic rings. The quantitative estimate of drug-likeness (QED) is 0.543. The minimum atomic E-state index is 0. The van der Waals surface area contributed by atoms with E-state index in [-0.39, 0.29) is 9.90 Å². The third kappa shape index (κ3) is 1.14. The van der Waals surface area contributed by atoms with Crippen molar-refractivity contribution in [1.29, 1.82) is 0 Å². The lowest BCUT2D eigenvalue weighted by Crippen LogP contribution is -1.91. The normalized spacial score (nSPS) is 9.45.